The minimum atomic E-state index is -0.922. The number of hydrogen-bond donors (Lipinski definition) is 2. The third-order valence-corrected chi connectivity index (χ3v) is 13.3. The van der Waals surface area contributed by atoms with E-state index in [1.54, 1.807) is 13.8 Å². The second-order valence-corrected chi connectivity index (χ2v) is 15.5. The fourth-order valence-corrected chi connectivity index (χ4v) is 11.6. The first kappa shape index (κ1) is 24.6. The summed E-state index contributed by atoms with van der Waals surface area (Å²) in [4.78, 5) is 26.9. The summed E-state index contributed by atoms with van der Waals surface area (Å²) in [5.74, 6) is 0.781. The number of hydrogen-bond acceptors (Lipinski definition) is 5. The van der Waals surface area contributed by atoms with Crippen LogP contribution in [0.15, 0.2) is 0 Å². The lowest BCUT2D eigenvalue weighted by Crippen LogP contribution is -2.61. The van der Waals surface area contributed by atoms with Gasteiger partial charge in [-0.1, -0.05) is 27.7 Å². The molecule has 6 aliphatic rings. The summed E-state index contributed by atoms with van der Waals surface area (Å²) in [5, 5.41) is 22.3. The summed E-state index contributed by atoms with van der Waals surface area (Å²) >= 11 is 0. The van der Waals surface area contributed by atoms with Crippen LogP contribution in [0.2, 0.25) is 0 Å². The fourth-order valence-electron chi connectivity index (χ4n) is 11.6. The number of rotatable bonds is 2. The van der Waals surface area contributed by atoms with Gasteiger partial charge < -0.3 is 14.9 Å². The maximum atomic E-state index is 14.0. The highest BCUT2D eigenvalue weighted by Gasteiger charge is 2.85. The van der Waals surface area contributed by atoms with E-state index in [0.29, 0.717) is 36.7 Å². The maximum Gasteiger partial charge on any atom is 0.139 e. The van der Waals surface area contributed by atoms with Gasteiger partial charge in [-0.2, -0.15) is 0 Å². The van der Waals surface area contributed by atoms with Crippen molar-refractivity contribution in [1.82, 2.24) is 0 Å². The van der Waals surface area contributed by atoms with Crippen molar-refractivity contribution in [2.45, 2.75) is 130 Å². The van der Waals surface area contributed by atoms with Gasteiger partial charge in [0.05, 0.1) is 29.3 Å². The lowest BCUT2D eigenvalue weighted by atomic mass is 9.41. The molecule has 0 bridgehead atoms. The quantitative estimate of drug-likeness (QED) is 0.583. The van der Waals surface area contributed by atoms with E-state index in [9.17, 15) is 19.8 Å². The average Bonchev–Trinajstić information content (AvgIpc) is 3.08. The second kappa shape index (κ2) is 6.61. The van der Waals surface area contributed by atoms with Gasteiger partial charge in [0, 0.05) is 24.2 Å². The van der Waals surface area contributed by atoms with Crippen molar-refractivity contribution in [2.75, 3.05) is 0 Å². The van der Waals surface area contributed by atoms with Crippen LogP contribution in [-0.2, 0) is 14.3 Å². The van der Waals surface area contributed by atoms with Crippen molar-refractivity contribution >= 4 is 11.6 Å². The molecule has 6 fully saturated rings. The number of fused-ring (bicyclic) bond motifs is 2. The zero-order chi connectivity index (χ0) is 25.6. The van der Waals surface area contributed by atoms with Crippen LogP contribution in [0.5, 0.6) is 0 Å². The summed E-state index contributed by atoms with van der Waals surface area (Å²) in [7, 11) is 0. The van der Waals surface area contributed by atoms with E-state index in [-0.39, 0.29) is 39.6 Å². The normalized spacial score (nSPS) is 56.8. The molecule has 5 aliphatic carbocycles. The molecule has 1 saturated heterocycles. The molecule has 196 valence electrons. The van der Waals surface area contributed by atoms with E-state index in [4.69, 9.17) is 4.74 Å². The van der Waals surface area contributed by atoms with Gasteiger partial charge in [-0.3, -0.25) is 9.59 Å². The Bertz CT molecular complexity index is 995. The summed E-state index contributed by atoms with van der Waals surface area (Å²) in [6, 6.07) is 0. The Kier molecular flexibility index (Phi) is 4.64. The van der Waals surface area contributed by atoms with Crippen LogP contribution >= 0.6 is 0 Å². The van der Waals surface area contributed by atoms with E-state index < -0.39 is 22.7 Å². The molecular weight excluding hydrogens is 440 g/mol. The molecule has 0 unspecified atom stereocenters. The molecule has 0 amide bonds. The van der Waals surface area contributed by atoms with Gasteiger partial charge >= 0.3 is 0 Å². The molecule has 6 rings (SSSR count). The first-order valence-corrected chi connectivity index (χ1v) is 14.1. The topological polar surface area (TPSA) is 83.8 Å². The summed E-state index contributed by atoms with van der Waals surface area (Å²) in [6.07, 6.45) is 6.84. The molecule has 10 atom stereocenters. The molecule has 5 saturated carbocycles. The number of ketones is 2. The van der Waals surface area contributed by atoms with E-state index in [1.807, 2.05) is 0 Å². The van der Waals surface area contributed by atoms with Crippen LogP contribution in [0.1, 0.15) is 106 Å². The van der Waals surface area contributed by atoms with E-state index in [1.165, 1.54) is 0 Å². The van der Waals surface area contributed by atoms with Crippen molar-refractivity contribution in [3.05, 3.63) is 0 Å². The lowest BCUT2D eigenvalue weighted by molar-refractivity contribution is -0.200. The predicted molar refractivity (Wildman–Crippen MR) is 132 cm³/mol. The smallest absolute Gasteiger partial charge is 0.139 e. The van der Waals surface area contributed by atoms with Crippen molar-refractivity contribution in [3.8, 4) is 0 Å². The molecule has 0 radical (unpaired) electrons. The van der Waals surface area contributed by atoms with E-state index in [0.717, 1.165) is 38.5 Å². The Morgan fingerprint density at radius 1 is 0.943 bits per heavy atom. The Hall–Kier alpha value is -0.780. The van der Waals surface area contributed by atoms with Gasteiger partial charge in [0.15, 0.2) is 0 Å². The first-order valence-electron chi connectivity index (χ1n) is 14.1. The number of aliphatic hydroxyl groups excluding tert-OH is 1. The van der Waals surface area contributed by atoms with Gasteiger partial charge in [0.1, 0.15) is 11.6 Å². The fraction of sp³-hybridized carbons (Fsp3) is 0.933. The molecule has 2 N–H and O–H groups in total. The number of ether oxygens (including phenoxy) is 1. The lowest BCUT2D eigenvalue weighted by Gasteiger charge is -2.63. The standard InChI is InChI=1S/C30H46O5/c1-24(2)20(33)8-11-30-16-29(30)13-12-26(5)23(28(7)10-9-21(35-28)25(3,4)34)18(32)15-27(26,6)19(29)14-17(31)22(24)30/h17,19,21-23,31,34H,8-16H2,1-7H3/t17-,19-,21-,22-,23-,26+,27-,28+,29-,30+/m0/s1. The zero-order valence-electron chi connectivity index (χ0n) is 22.9. The van der Waals surface area contributed by atoms with Crippen molar-refractivity contribution < 1.29 is 24.5 Å². The van der Waals surface area contributed by atoms with Gasteiger partial charge in [-0.25, -0.2) is 0 Å². The van der Waals surface area contributed by atoms with E-state index >= 15 is 0 Å². The van der Waals surface area contributed by atoms with Gasteiger partial charge in [0.25, 0.3) is 0 Å². The van der Waals surface area contributed by atoms with Crippen LogP contribution in [0.25, 0.3) is 0 Å². The number of carbonyl (C=O) groups is 2. The predicted octanol–water partition coefficient (Wildman–Crippen LogP) is 4.85. The van der Waals surface area contributed by atoms with Gasteiger partial charge in [-0.05, 0) is 93.3 Å². The highest BCUT2D eigenvalue weighted by molar-refractivity contribution is 5.88. The second-order valence-electron chi connectivity index (χ2n) is 15.5. The molecule has 35 heavy (non-hydrogen) atoms. The van der Waals surface area contributed by atoms with Crippen LogP contribution in [0.4, 0.5) is 0 Å². The zero-order valence-corrected chi connectivity index (χ0v) is 22.9. The number of carbonyl (C=O) groups excluding carboxylic acids is 2. The molecule has 5 nitrogen and oxygen atoms in total. The molecule has 1 heterocycles. The maximum absolute atomic E-state index is 14.0. The SMILES string of the molecule is CC(C)(O)[C@@H]1CC[C@](C)([C@H]2C(=O)C[C@@]3(C)[C@@H]4C[C@H](O)[C@H]5C(C)(C)C(=O)CC[C@@]56C[C@@]46CC[C@]23C)O1. The highest BCUT2D eigenvalue weighted by Crippen LogP contribution is 2.88. The Morgan fingerprint density at radius 2 is 1.63 bits per heavy atom. The van der Waals surface area contributed by atoms with Crippen molar-refractivity contribution in [1.29, 1.82) is 0 Å². The molecule has 5 heteroatoms. The van der Waals surface area contributed by atoms with Crippen LogP contribution in [-0.4, -0.2) is 45.2 Å². The number of aliphatic hydroxyl groups is 2. The first-order chi connectivity index (χ1) is 16.0. The Balaban J connectivity index is 1.38. The van der Waals surface area contributed by atoms with Crippen molar-refractivity contribution in [3.63, 3.8) is 0 Å². The Morgan fingerprint density at radius 3 is 2.26 bits per heavy atom. The largest absolute Gasteiger partial charge is 0.393 e. The van der Waals surface area contributed by atoms with E-state index in [2.05, 4.69) is 34.6 Å². The van der Waals surface area contributed by atoms with Crippen LogP contribution in [0, 0.1) is 44.8 Å². The summed E-state index contributed by atoms with van der Waals surface area (Å²) in [6.45, 7) is 14.5. The molecule has 2 spiro atoms. The van der Waals surface area contributed by atoms with Crippen molar-refractivity contribution in [2.24, 2.45) is 44.8 Å². The summed E-state index contributed by atoms with van der Waals surface area (Å²) in [5.41, 5.74) is -2.13. The minimum absolute atomic E-state index is 0.0385. The average molecular weight is 487 g/mol. The number of Topliss-reactive ketones (excluding diaryl/α,β-unsaturated/α-hetero) is 2. The highest BCUT2D eigenvalue weighted by atomic mass is 16.5. The summed E-state index contributed by atoms with van der Waals surface area (Å²) < 4.78 is 6.59. The third-order valence-electron chi connectivity index (χ3n) is 13.3. The monoisotopic (exact) mass is 486 g/mol. The van der Waals surface area contributed by atoms with Gasteiger partial charge in [-0.15, -0.1) is 0 Å². The Labute approximate surface area is 210 Å². The molecule has 0 aromatic rings. The van der Waals surface area contributed by atoms with Crippen LogP contribution in [0.3, 0.4) is 0 Å². The molecule has 1 aliphatic heterocycles. The molecular formula is C30H46O5. The van der Waals surface area contributed by atoms with Crippen LogP contribution < -0.4 is 0 Å². The molecule has 0 aromatic heterocycles. The molecule has 0 aromatic carbocycles. The minimum Gasteiger partial charge on any atom is -0.393 e. The third kappa shape index (κ3) is 2.67. The van der Waals surface area contributed by atoms with Gasteiger partial charge in [0.2, 0.25) is 0 Å².